The van der Waals surface area contributed by atoms with Gasteiger partial charge < -0.3 is 24.2 Å². The molecular formula is C28H37N3O3S. The normalized spacial score (nSPS) is 13.8. The molecule has 188 valence electrons. The van der Waals surface area contributed by atoms with Crippen molar-refractivity contribution in [2.45, 2.75) is 25.7 Å². The Morgan fingerprint density at radius 2 is 1.74 bits per heavy atom. The summed E-state index contributed by atoms with van der Waals surface area (Å²) >= 11 is 1.83. The largest absolute Gasteiger partial charge is 0.493 e. The lowest BCUT2D eigenvalue weighted by atomic mass is 10.0. The van der Waals surface area contributed by atoms with Gasteiger partial charge in [-0.2, -0.15) is 0 Å². The average molecular weight is 496 g/mol. The number of hydrogen-bond acceptors (Lipinski definition) is 6. The molecule has 0 atom stereocenters. The second kappa shape index (κ2) is 11.3. The number of thiophene rings is 1. The van der Waals surface area contributed by atoms with Crippen molar-refractivity contribution in [3.05, 3.63) is 52.4 Å². The topological polar surface area (TPSA) is 45.3 Å². The number of rotatable bonds is 10. The van der Waals surface area contributed by atoms with Crippen molar-refractivity contribution in [3.63, 3.8) is 0 Å². The van der Waals surface area contributed by atoms with Crippen LogP contribution in [0.5, 0.6) is 11.5 Å². The minimum atomic E-state index is 0.195. The number of methoxy groups -OCH3 is 2. The van der Waals surface area contributed by atoms with E-state index in [0.29, 0.717) is 12.2 Å². The molecule has 2 heterocycles. The zero-order valence-electron chi connectivity index (χ0n) is 21.6. The first-order valence-corrected chi connectivity index (χ1v) is 13.1. The molecule has 0 bridgehead atoms. The fraction of sp³-hybridized carbons (Fsp3) is 0.464. The molecule has 4 rings (SSSR count). The molecule has 0 saturated carbocycles. The van der Waals surface area contributed by atoms with Crippen molar-refractivity contribution < 1.29 is 14.3 Å². The highest BCUT2D eigenvalue weighted by Crippen LogP contribution is 2.33. The Labute approximate surface area is 213 Å². The molecule has 1 aliphatic rings. The van der Waals surface area contributed by atoms with Gasteiger partial charge in [0.05, 0.1) is 20.6 Å². The van der Waals surface area contributed by atoms with Crippen molar-refractivity contribution >= 4 is 33.0 Å². The second-order valence-corrected chi connectivity index (χ2v) is 10.4. The van der Waals surface area contributed by atoms with Crippen molar-refractivity contribution in [1.82, 2.24) is 9.80 Å². The smallest absolute Gasteiger partial charge is 0.227 e. The molecule has 1 aromatic heterocycles. The maximum Gasteiger partial charge on any atom is 0.227 e. The van der Waals surface area contributed by atoms with Crippen molar-refractivity contribution in [3.8, 4) is 11.5 Å². The van der Waals surface area contributed by atoms with Crippen LogP contribution in [0, 0.1) is 0 Å². The molecule has 1 aliphatic heterocycles. The van der Waals surface area contributed by atoms with Crippen LogP contribution in [0.2, 0.25) is 0 Å². The summed E-state index contributed by atoms with van der Waals surface area (Å²) in [5.74, 6) is 1.61. The van der Waals surface area contributed by atoms with E-state index in [0.717, 1.165) is 56.8 Å². The lowest BCUT2D eigenvalue weighted by molar-refractivity contribution is -0.130. The molecule has 6 nitrogen and oxygen atoms in total. The Bertz CT molecular complexity index is 1170. The van der Waals surface area contributed by atoms with Crippen LogP contribution in [0.25, 0.3) is 10.1 Å². The maximum atomic E-state index is 12.9. The van der Waals surface area contributed by atoms with Gasteiger partial charge in [-0.3, -0.25) is 4.79 Å². The highest BCUT2D eigenvalue weighted by Gasteiger charge is 2.22. The number of fused-ring (bicyclic) bond motifs is 2. The van der Waals surface area contributed by atoms with E-state index in [2.05, 4.69) is 54.5 Å². The molecule has 2 aromatic carbocycles. The molecule has 1 amide bonds. The van der Waals surface area contributed by atoms with E-state index in [4.69, 9.17) is 9.47 Å². The number of hydrogen-bond donors (Lipinski definition) is 0. The fourth-order valence-electron chi connectivity index (χ4n) is 4.75. The number of nitrogens with zero attached hydrogens (tertiary/aromatic N) is 3. The number of carbonyl (C=O) groups is 1. The number of carbonyl (C=O) groups excluding carboxylic acids is 1. The molecule has 0 aliphatic carbocycles. The van der Waals surface area contributed by atoms with Gasteiger partial charge in [-0.15, -0.1) is 11.3 Å². The van der Waals surface area contributed by atoms with Crippen LogP contribution in [0.4, 0.5) is 5.69 Å². The van der Waals surface area contributed by atoms with Gasteiger partial charge in [-0.25, -0.2) is 0 Å². The fourth-order valence-corrected chi connectivity index (χ4v) is 5.78. The summed E-state index contributed by atoms with van der Waals surface area (Å²) in [6.45, 7) is 3.53. The van der Waals surface area contributed by atoms with E-state index in [1.165, 1.54) is 26.9 Å². The molecule has 0 fully saturated rings. The van der Waals surface area contributed by atoms with E-state index >= 15 is 0 Å². The number of amides is 1. The predicted octanol–water partition coefficient (Wildman–Crippen LogP) is 4.48. The third kappa shape index (κ3) is 5.90. The highest BCUT2D eigenvalue weighted by molar-refractivity contribution is 7.17. The summed E-state index contributed by atoms with van der Waals surface area (Å²) in [6.07, 6.45) is 3.28. The number of likely N-dealkylation sites (N-methyl/N-ethyl adjacent to an activating group) is 1. The zero-order chi connectivity index (χ0) is 24.9. The second-order valence-electron chi connectivity index (χ2n) is 9.53. The molecule has 0 N–H and O–H groups in total. The Morgan fingerprint density at radius 3 is 2.46 bits per heavy atom. The van der Waals surface area contributed by atoms with Crippen LogP contribution in [-0.4, -0.2) is 77.2 Å². The van der Waals surface area contributed by atoms with Crippen LogP contribution in [0.15, 0.2) is 35.7 Å². The van der Waals surface area contributed by atoms with E-state index in [9.17, 15) is 4.79 Å². The molecule has 0 spiro atoms. The van der Waals surface area contributed by atoms with Gasteiger partial charge in [0.25, 0.3) is 0 Å². The van der Waals surface area contributed by atoms with Crippen LogP contribution in [0.1, 0.15) is 23.1 Å². The van der Waals surface area contributed by atoms with Gasteiger partial charge in [-0.05, 0) is 84.6 Å². The molecule has 0 saturated heterocycles. The van der Waals surface area contributed by atoms with Crippen molar-refractivity contribution in [1.29, 1.82) is 0 Å². The Hall–Kier alpha value is -2.77. The summed E-state index contributed by atoms with van der Waals surface area (Å²) in [5, 5.41) is 3.67. The SMILES string of the molecule is COc1cc2c(cc1OC)CC(=O)N(CCCN(C)CCc1csc3cc(N(C)C)ccc13)CC2. The van der Waals surface area contributed by atoms with Crippen LogP contribution >= 0.6 is 11.3 Å². The molecular weight excluding hydrogens is 458 g/mol. The molecule has 0 radical (unpaired) electrons. The van der Waals surface area contributed by atoms with Crippen molar-refractivity contribution in [2.24, 2.45) is 0 Å². The van der Waals surface area contributed by atoms with E-state index < -0.39 is 0 Å². The van der Waals surface area contributed by atoms with Crippen molar-refractivity contribution in [2.75, 3.05) is 66.4 Å². The lowest BCUT2D eigenvalue weighted by Gasteiger charge is -2.22. The van der Waals surface area contributed by atoms with Gasteiger partial charge in [0, 0.05) is 44.1 Å². The van der Waals surface area contributed by atoms with Gasteiger partial charge in [0.2, 0.25) is 5.91 Å². The van der Waals surface area contributed by atoms with Gasteiger partial charge in [-0.1, -0.05) is 6.07 Å². The highest BCUT2D eigenvalue weighted by atomic mass is 32.1. The number of anilines is 1. The lowest BCUT2D eigenvalue weighted by Crippen LogP contribution is -2.35. The number of ether oxygens (including phenoxy) is 2. The first-order valence-electron chi connectivity index (χ1n) is 12.3. The molecule has 35 heavy (non-hydrogen) atoms. The summed E-state index contributed by atoms with van der Waals surface area (Å²) in [6, 6.07) is 10.7. The standard InChI is InChI=1S/C28H37N3O3S/c1-29(2)23-7-8-24-21(19-35-27(24)18-23)9-13-30(3)11-6-12-31-14-10-20-15-25(33-4)26(34-5)16-22(20)17-28(31)32/h7-8,15-16,18-19H,6,9-14,17H2,1-5H3. The third-order valence-corrected chi connectivity index (χ3v) is 7.93. The monoisotopic (exact) mass is 495 g/mol. The van der Waals surface area contributed by atoms with Crippen LogP contribution in [-0.2, 0) is 24.1 Å². The minimum absolute atomic E-state index is 0.195. The van der Waals surface area contributed by atoms with E-state index in [1.54, 1.807) is 14.2 Å². The van der Waals surface area contributed by atoms with Gasteiger partial charge in [0.15, 0.2) is 11.5 Å². The minimum Gasteiger partial charge on any atom is -0.493 e. The van der Waals surface area contributed by atoms with Gasteiger partial charge in [0.1, 0.15) is 0 Å². The zero-order valence-corrected chi connectivity index (χ0v) is 22.4. The molecule has 3 aromatic rings. The summed E-state index contributed by atoms with van der Waals surface area (Å²) < 4.78 is 12.2. The van der Waals surface area contributed by atoms with Crippen LogP contribution in [0.3, 0.4) is 0 Å². The molecule has 0 unspecified atom stereocenters. The van der Waals surface area contributed by atoms with Crippen LogP contribution < -0.4 is 14.4 Å². The summed E-state index contributed by atoms with van der Waals surface area (Å²) in [4.78, 5) is 19.5. The van der Waals surface area contributed by atoms with Gasteiger partial charge >= 0.3 is 0 Å². The maximum absolute atomic E-state index is 12.9. The summed E-state index contributed by atoms with van der Waals surface area (Å²) in [7, 11) is 9.62. The third-order valence-electron chi connectivity index (χ3n) is 6.94. The van der Waals surface area contributed by atoms with E-state index in [-0.39, 0.29) is 5.91 Å². The van der Waals surface area contributed by atoms with E-state index in [1.807, 2.05) is 28.4 Å². The quantitative estimate of drug-likeness (QED) is 0.415. The first kappa shape index (κ1) is 25.3. The Kier molecular flexibility index (Phi) is 8.19. The first-order chi connectivity index (χ1) is 16.9. The Morgan fingerprint density at radius 1 is 1.00 bits per heavy atom. The average Bonchev–Trinajstić information content (AvgIpc) is 3.19. The molecule has 7 heteroatoms. The number of benzene rings is 2. The predicted molar refractivity (Wildman–Crippen MR) is 146 cm³/mol. The summed E-state index contributed by atoms with van der Waals surface area (Å²) in [5.41, 5.74) is 4.89. The Balaban J connectivity index is 1.27.